The number of aromatic amines is 1. The van der Waals surface area contributed by atoms with E-state index < -0.39 is 6.04 Å². The normalized spacial score (nSPS) is 16.5. The van der Waals surface area contributed by atoms with Gasteiger partial charge in [-0.05, 0) is 48.6 Å². The minimum Gasteiger partial charge on any atom is -0.327 e. The third-order valence-corrected chi connectivity index (χ3v) is 5.15. The maximum Gasteiger partial charge on any atom is 0.270 e. The Bertz CT molecular complexity index is 909. The van der Waals surface area contributed by atoms with Crippen LogP contribution < -0.4 is 11.3 Å². The van der Waals surface area contributed by atoms with Crippen molar-refractivity contribution < 1.29 is 9.59 Å². The van der Waals surface area contributed by atoms with Crippen molar-refractivity contribution in [3.63, 3.8) is 0 Å². The summed E-state index contributed by atoms with van der Waals surface area (Å²) in [5, 5.41) is 0.611. The van der Waals surface area contributed by atoms with Crippen molar-refractivity contribution in [2.45, 2.75) is 38.3 Å². The van der Waals surface area contributed by atoms with Crippen LogP contribution in [0.5, 0.6) is 0 Å². The topological polar surface area (TPSA) is 96.3 Å². The second kappa shape index (κ2) is 8.50. The molecule has 0 spiro atoms. The fraction of sp³-hybridized carbons (Fsp3) is 0.350. The van der Waals surface area contributed by atoms with E-state index >= 15 is 0 Å². The number of likely N-dealkylation sites (tertiary alicyclic amines) is 1. The standard InChI is InChI=1S/C20H22ClN3O3/c21-15-8-6-14(12-22)13(11-15)7-9-18(25)17-4-2-10-24(17)20(27)16-3-1-5-19(26)23-16/h1,3,5-6,8,11,17H,2,4,7,9-10,12,22H2,(H,23,26)/t17-/m0/s1. The molecule has 1 amide bonds. The molecule has 3 rings (SSSR count). The van der Waals surface area contributed by atoms with E-state index in [9.17, 15) is 14.4 Å². The number of carbonyl (C=O) groups excluding carboxylic acids is 2. The summed E-state index contributed by atoms with van der Waals surface area (Å²) in [6.45, 7) is 0.896. The number of carbonyl (C=O) groups is 2. The number of pyridine rings is 1. The van der Waals surface area contributed by atoms with Gasteiger partial charge in [-0.1, -0.05) is 23.7 Å². The molecule has 1 atom stereocenters. The molecule has 0 unspecified atom stereocenters. The zero-order valence-electron chi connectivity index (χ0n) is 14.9. The number of Topliss-reactive ketones (excluding diaryl/α,β-unsaturated/α-hetero) is 1. The Balaban J connectivity index is 1.70. The van der Waals surface area contributed by atoms with Crippen molar-refractivity contribution in [3.8, 4) is 0 Å². The zero-order valence-corrected chi connectivity index (χ0v) is 15.7. The minimum absolute atomic E-state index is 0.0158. The average Bonchev–Trinajstić information content (AvgIpc) is 3.15. The van der Waals surface area contributed by atoms with Crippen LogP contribution in [-0.2, 0) is 17.8 Å². The Morgan fingerprint density at radius 2 is 2.04 bits per heavy atom. The molecule has 0 bridgehead atoms. The van der Waals surface area contributed by atoms with Crippen LogP contribution in [0.25, 0.3) is 0 Å². The summed E-state index contributed by atoms with van der Waals surface area (Å²) >= 11 is 6.05. The third-order valence-electron chi connectivity index (χ3n) is 4.91. The summed E-state index contributed by atoms with van der Waals surface area (Å²) < 4.78 is 0. The Labute approximate surface area is 162 Å². The van der Waals surface area contributed by atoms with Gasteiger partial charge in [0, 0.05) is 30.6 Å². The van der Waals surface area contributed by atoms with Crippen molar-refractivity contribution >= 4 is 23.3 Å². The lowest BCUT2D eigenvalue weighted by atomic mass is 9.98. The molecular formula is C20H22ClN3O3. The zero-order chi connectivity index (χ0) is 19.4. The maximum absolute atomic E-state index is 12.8. The summed E-state index contributed by atoms with van der Waals surface area (Å²) in [6.07, 6.45) is 2.26. The molecule has 1 saturated heterocycles. The number of aromatic nitrogens is 1. The fourth-order valence-electron chi connectivity index (χ4n) is 3.52. The molecule has 3 N–H and O–H groups in total. The first-order valence-electron chi connectivity index (χ1n) is 9.00. The molecule has 2 heterocycles. The molecule has 6 nitrogen and oxygen atoms in total. The van der Waals surface area contributed by atoms with Gasteiger partial charge in [-0.15, -0.1) is 0 Å². The van der Waals surface area contributed by atoms with E-state index in [0.717, 1.165) is 17.5 Å². The lowest BCUT2D eigenvalue weighted by Gasteiger charge is -2.23. The molecule has 7 heteroatoms. The first kappa shape index (κ1) is 19.3. The summed E-state index contributed by atoms with van der Waals surface area (Å²) in [6, 6.07) is 9.48. The highest BCUT2D eigenvalue weighted by Crippen LogP contribution is 2.23. The van der Waals surface area contributed by atoms with E-state index in [1.54, 1.807) is 17.0 Å². The maximum atomic E-state index is 12.8. The second-order valence-corrected chi connectivity index (χ2v) is 7.11. The number of rotatable bonds is 6. The predicted molar refractivity (Wildman–Crippen MR) is 104 cm³/mol. The lowest BCUT2D eigenvalue weighted by molar-refractivity contribution is -0.122. The Kier molecular flexibility index (Phi) is 6.08. The van der Waals surface area contributed by atoms with E-state index in [1.807, 2.05) is 12.1 Å². The van der Waals surface area contributed by atoms with E-state index in [4.69, 9.17) is 17.3 Å². The van der Waals surface area contributed by atoms with E-state index in [1.165, 1.54) is 12.1 Å². The number of aryl methyl sites for hydroxylation is 1. The van der Waals surface area contributed by atoms with Crippen molar-refractivity contribution in [1.82, 2.24) is 9.88 Å². The summed E-state index contributed by atoms with van der Waals surface area (Å²) in [5.41, 5.74) is 7.56. The van der Waals surface area contributed by atoms with Crippen molar-refractivity contribution in [2.75, 3.05) is 6.54 Å². The summed E-state index contributed by atoms with van der Waals surface area (Å²) in [4.78, 5) is 41.0. The summed E-state index contributed by atoms with van der Waals surface area (Å²) in [5.74, 6) is -0.295. The summed E-state index contributed by atoms with van der Waals surface area (Å²) in [7, 11) is 0. The second-order valence-electron chi connectivity index (χ2n) is 6.67. The van der Waals surface area contributed by atoms with Gasteiger partial charge in [0.15, 0.2) is 5.78 Å². The van der Waals surface area contributed by atoms with Crippen molar-refractivity contribution in [1.29, 1.82) is 0 Å². The molecule has 0 radical (unpaired) electrons. The van der Waals surface area contributed by atoms with Crippen LogP contribution in [0.15, 0.2) is 41.2 Å². The highest BCUT2D eigenvalue weighted by Gasteiger charge is 2.34. The Morgan fingerprint density at radius 3 is 2.78 bits per heavy atom. The van der Waals surface area contributed by atoms with Crippen LogP contribution in [0.3, 0.4) is 0 Å². The van der Waals surface area contributed by atoms with Crippen LogP contribution in [-0.4, -0.2) is 34.2 Å². The van der Waals surface area contributed by atoms with Gasteiger partial charge in [-0.3, -0.25) is 14.4 Å². The van der Waals surface area contributed by atoms with Gasteiger partial charge in [0.05, 0.1) is 6.04 Å². The molecule has 1 aliphatic rings. The Hall–Kier alpha value is -2.44. The molecule has 1 aliphatic heterocycles. The number of H-pyrrole nitrogens is 1. The highest BCUT2D eigenvalue weighted by molar-refractivity contribution is 6.30. The van der Waals surface area contributed by atoms with Gasteiger partial charge >= 0.3 is 0 Å². The number of amides is 1. The molecule has 0 aliphatic carbocycles. The molecular weight excluding hydrogens is 366 g/mol. The minimum atomic E-state index is -0.457. The van der Waals surface area contributed by atoms with Crippen LogP contribution in [0.4, 0.5) is 0 Å². The highest BCUT2D eigenvalue weighted by atomic mass is 35.5. The molecule has 1 fully saturated rings. The number of benzene rings is 1. The number of ketones is 1. The molecule has 27 heavy (non-hydrogen) atoms. The van der Waals surface area contributed by atoms with Crippen LogP contribution in [0.1, 0.15) is 40.9 Å². The van der Waals surface area contributed by atoms with E-state index in [2.05, 4.69) is 4.98 Å². The number of hydrogen-bond donors (Lipinski definition) is 2. The predicted octanol–water partition coefficient (Wildman–Crippen LogP) is 2.29. The van der Waals surface area contributed by atoms with Gasteiger partial charge in [-0.2, -0.15) is 0 Å². The first-order chi connectivity index (χ1) is 13.0. The fourth-order valence-corrected chi connectivity index (χ4v) is 3.72. The quantitative estimate of drug-likeness (QED) is 0.794. The monoisotopic (exact) mass is 387 g/mol. The van der Waals surface area contributed by atoms with Gasteiger partial charge < -0.3 is 15.6 Å². The Morgan fingerprint density at radius 1 is 1.22 bits per heavy atom. The van der Waals surface area contributed by atoms with Gasteiger partial charge in [0.2, 0.25) is 5.56 Å². The SMILES string of the molecule is NCc1ccc(Cl)cc1CCC(=O)[C@@H]1CCCN1C(=O)c1cccc(=O)[nH]1. The number of halogens is 1. The number of nitrogens with zero attached hydrogens (tertiary/aromatic N) is 1. The molecule has 1 aromatic carbocycles. The van der Waals surface area contributed by atoms with Crippen LogP contribution in [0.2, 0.25) is 5.02 Å². The van der Waals surface area contributed by atoms with Gasteiger partial charge in [0.1, 0.15) is 5.69 Å². The molecule has 0 saturated carbocycles. The van der Waals surface area contributed by atoms with Crippen molar-refractivity contribution in [2.24, 2.45) is 5.73 Å². The first-order valence-corrected chi connectivity index (χ1v) is 9.38. The van der Waals surface area contributed by atoms with Crippen LogP contribution in [0, 0.1) is 0 Å². The third kappa shape index (κ3) is 4.46. The number of hydrogen-bond acceptors (Lipinski definition) is 4. The lowest BCUT2D eigenvalue weighted by Crippen LogP contribution is -2.41. The molecule has 142 valence electrons. The van der Waals surface area contributed by atoms with Gasteiger partial charge in [-0.25, -0.2) is 0 Å². The van der Waals surface area contributed by atoms with E-state index in [-0.39, 0.29) is 22.9 Å². The molecule has 1 aromatic heterocycles. The van der Waals surface area contributed by atoms with E-state index in [0.29, 0.717) is 37.4 Å². The van der Waals surface area contributed by atoms with Crippen molar-refractivity contribution in [3.05, 3.63) is 68.6 Å². The average molecular weight is 388 g/mol. The van der Waals surface area contributed by atoms with Gasteiger partial charge in [0.25, 0.3) is 5.91 Å². The molecule has 2 aromatic rings. The number of nitrogens with one attached hydrogen (secondary N) is 1. The largest absolute Gasteiger partial charge is 0.327 e. The number of nitrogens with two attached hydrogens (primary N) is 1. The van der Waals surface area contributed by atoms with Crippen LogP contribution >= 0.6 is 11.6 Å². The smallest absolute Gasteiger partial charge is 0.270 e.